The van der Waals surface area contributed by atoms with Gasteiger partial charge in [0.15, 0.2) is 0 Å². The third kappa shape index (κ3) is 1.68. The molecule has 1 rings (SSSR count). The topological polar surface area (TPSA) is 48.0 Å². The molecule has 2 N–H and O–H groups in total. The maximum absolute atomic E-state index is 11.4. The first-order chi connectivity index (χ1) is 5.52. The van der Waals surface area contributed by atoms with E-state index < -0.39 is 0 Å². The fourth-order valence-corrected chi connectivity index (χ4v) is 1.28. The molecular formula is C8H11ClN2O. The molecule has 0 aromatic carbocycles. The maximum atomic E-state index is 11.4. The lowest BCUT2D eigenvalue weighted by Gasteiger charge is -2.06. The Morgan fingerprint density at radius 3 is 2.75 bits per heavy atom. The van der Waals surface area contributed by atoms with Gasteiger partial charge in [-0.05, 0) is 13.0 Å². The van der Waals surface area contributed by atoms with E-state index in [2.05, 4.69) is 0 Å². The second-order valence-electron chi connectivity index (χ2n) is 2.82. The molecule has 1 heterocycles. The van der Waals surface area contributed by atoms with Crippen molar-refractivity contribution in [2.75, 3.05) is 0 Å². The van der Waals surface area contributed by atoms with Crippen LogP contribution in [0.5, 0.6) is 0 Å². The fourth-order valence-electron chi connectivity index (χ4n) is 1.02. The summed E-state index contributed by atoms with van der Waals surface area (Å²) in [4.78, 5) is 11.4. The van der Waals surface area contributed by atoms with E-state index >= 15 is 0 Å². The quantitative estimate of drug-likeness (QED) is 0.713. The lowest BCUT2D eigenvalue weighted by molar-refractivity contribution is 0.757. The minimum atomic E-state index is -0.276. The Hall–Kier alpha value is -0.800. The molecule has 0 aliphatic rings. The highest BCUT2D eigenvalue weighted by molar-refractivity contribution is 6.30. The lowest BCUT2D eigenvalue weighted by atomic mass is 10.1. The highest BCUT2D eigenvalue weighted by Crippen LogP contribution is 2.10. The van der Waals surface area contributed by atoms with Gasteiger partial charge in [0.2, 0.25) is 0 Å². The minimum absolute atomic E-state index is 0.0885. The van der Waals surface area contributed by atoms with Crippen molar-refractivity contribution in [3.05, 3.63) is 33.2 Å². The van der Waals surface area contributed by atoms with E-state index in [4.69, 9.17) is 17.3 Å². The molecule has 1 aromatic rings. The number of halogens is 1. The highest BCUT2D eigenvalue weighted by atomic mass is 35.5. The molecule has 66 valence electrons. The Kier molecular flexibility index (Phi) is 2.55. The summed E-state index contributed by atoms with van der Waals surface area (Å²) in [5, 5.41) is 0.532. The zero-order valence-corrected chi connectivity index (χ0v) is 7.80. The van der Waals surface area contributed by atoms with Gasteiger partial charge in [0.1, 0.15) is 0 Å². The van der Waals surface area contributed by atoms with Crippen LogP contribution < -0.4 is 11.3 Å². The van der Waals surface area contributed by atoms with Crippen LogP contribution in [-0.4, -0.2) is 4.57 Å². The fraction of sp³-hybridized carbons (Fsp3) is 0.375. The number of hydrogen-bond donors (Lipinski definition) is 1. The van der Waals surface area contributed by atoms with Crippen LogP contribution in [0.4, 0.5) is 0 Å². The van der Waals surface area contributed by atoms with Crippen LogP contribution in [0.1, 0.15) is 18.5 Å². The van der Waals surface area contributed by atoms with Gasteiger partial charge >= 0.3 is 0 Å². The molecule has 0 aliphatic carbocycles. The van der Waals surface area contributed by atoms with Crippen LogP contribution >= 0.6 is 11.6 Å². The molecule has 1 aromatic heterocycles. The van der Waals surface area contributed by atoms with Gasteiger partial charge in [-0.3, -0.25) is 4.79 Å². The monoisotopic (exact) mass is 186 g/mol. The number of aryl methyl sites for hydroxylation is 1. The first-order valence-corrected chi connectivity index (χ1v) is 4.02. The average Bonchev–Trinajstić information content (AvgIpc) is 1.96. The third-order valence-electron chi connectivity index (χ3n) is 1.67. The number of nitrogens with two attached hydrogens (primary N) is 1. The molecule has 0 radical (unpaired) electrons. The second kappa shape index (κ2) is 3.29. The molecule has 0 aliphatic heterocycles. The van der Waals surface area contributed by atoms with Crippen molar-refractivity contribution in [2.45, 2.75) is 13.0 Å². The van der Waals surface area contributed by atoms with Gasteiger partial charge in [0, 0.05) is 24.8 Å². The number of pyridine rings is 1. The van der Waals surface area contributed by atoms with Crippen molar-refractivity contribution in [1.82, 2.24) is 4.57 Å². The van der Waals surface area contributed by atoms with Crippen molar-refractivity contribution >= 4 is 11.6 Å². The van der Waals surface area contributed by atoms with Crippen LogP contribution in [-0.2, 0) is 7.05 Å². The molecule has 0 bridgehead atoms. The maximum Gasteiger partial charge on any atom is 0.255 e. The molecule has 0 fully saturated rings. The summed E-state index contributed by atoms with van der Waals surface area (Å²) in [5.41, 5.74) is 6.04. The van der Waals surface area contributed by atoms with E-state index in [1.54, 1.807) is 26.2 Å². The van der Waals surface area contributed by atoms with Crippen molar-refractivity contribution in [3.63, 3.8) is 0 Å². The van der Waals surface area contributed by atoms with E-state index in [9.17, 15) is 4.79 Å². The molecule has 0 saturated heterocycles. The zero-order chi connectivity index (χ0) is 9.30. The molecule has 12 heavy (non-hydrogen) atoms. The van der Waals surface area contributed by atoms with Crippen LogP contribution in [0.3, 0.4) is 0 Å². The Morgan fingerprint density at radius 1 is 1.67 bits per heavy atom. The number of rotatable bonds is 1. The van der Waals surface area contributed by atoms with E-state index in [0.29, 0.717) is 10.6 Å². The normalized spacial score (nSPS) is 13.0. The van der Waals surface area contributed by atoms with E-state index in [1.807, 2.05) is 0 Å². The largest absolute Gasteiger partial charge is 0.324 e. The second-order valence-corrected chi connectivity index (χ2v) is 3.25. The predicted octanol–water partition coefficient (Wildman–Crippen LogP) is 1.06. The van der Waals surface area contributed by atoms with Crippen LogP contribution in [0, 0.1) is 0 Å². The Morgan fingerprint density at radius 2 is 2.25 bits per heavy atom. The molecule has 3 nitrogen and oxygen atoms in total. The molecule has 0 amide bonds. The Labute approximate surface area is 75.8 Å². The molecule has 0 spiro atoms. The predicted molar refractivity (Wildman–Crippen MR) is 49.3 cm³/mol. The van der Waals surface area contributed by atoms with Gasteiger partial charge in [0.25, 0.3) is 5.56 Å². The van der Waals surface area contributed by atoms with Crippen molar-refractivity contribution in [1.29, 1.82) is 0 Å². The molecule has 0 saturated carbocycles. The van der Waals surface area contributed by atoms with Gasteiger partial charge in [-0.2, -0.15) is 0 Å². The van der Waals surface area contributed by atoms with Crippen LogP contribution in [0.15, 0.2) is 17.1 Å². The van der Waals surface area contributed by atoms with Gasteiger partial charge in [-0.25, -0.2) is 0 Å². The molecule has 1 atom stereocenters. The summed E-state index contributed by atoms with van der Waals surface area (Å²) in [5.74, 6) is 0. The first-order valence-electron chi connectivity index (χ1n) is 3.64. The van der Waals surface area contributed by atoms with Crippen molar-refractivity contribution in [3.8, 4) is 0 Å². The van der Waals surface area contributed by atoms with Gasteiger partial charge in [-0.15, -0.1) is 0 Å². The average molecular weight is 187 g/mol. The van der Waals surface area contributed by atoms with Crippen molar-refractivity contribution in [2.24, 2.45) is 12.8 Å². The van der Waals surface area contributed by atoms with Gasteiger partial charge in [-0.1, -0.05) is 11.6 Å². The van der Waals surface area contributed by atoms with Gasteiger partial charge in [0.05, 0.1) is 5.02 Å². The minimum Gasteiger partial charge on any atom is -0.324 e. The lowest BCUT2D eigenvalue weighted by Crippen LogP contribution is -2.24. The van der Waals surface area contributed by atoms with Crippen LogP contribution in [0.25, 0.3) is 0 Å². The van der Waals surface area contributed by atoms with E-state index in [-0.39, 0.29) is 11.6 Å². The zero-order valence-electron chi connectivity index (χ0n) is 7.04. The molecular weight excluding hydrogens is 176 g/mol. The summed E-state index contributed by atoms with van der Waals surface area (Å²) < 4.78 is 1.43. The summed E-state index contributed by atoms with van der Waals surface area (Å²) in [6, 6.07) is 1.33. The highest BCUT2D eigenvalue weighted by Gasteiger charge is 2.06. The molecule has 4 heteroatoms. The van der Waals surface area contributed by atoms with Crippen LogP contribution in [0.2, 0.25) is 5.02 Å². The summed E-state index contributed by atoms with van der Waals surface area (Å²) in [7, 11) is 1.65. The summed E-state index contributed by atoms with van der Waals surface area (Å²) >= 11 is 5.75. The Bertz CT molecular complexity index is 343. The number of aromatic nitrogens is 1. The summed E-state index contributed by atoms with van der Waals surface area (Å²) in [6.07, 6.45) is 1.57. The molecule has 1 unspecified atom stereocenters. The third-order valence-corrected chi connectivity index (χ3v) is 1.87. The Balaban J connectivity index is 3.38. The first kappa shape index (κ1) is 9.29. The standard InChI is InChI=1S/C8H11ClN2O/c1-5(10)7-3-6(9)4-11(2)8(7)12/h3-5H,10H2,1-2H3. The number of hydrogen-bond acceptors (Lipinski definition) is 2. The van der Waals surface area contributed by atoms with E-state index in [1.165, 1.54) is 4.57 Å². The van der Waals surface area contributed by atoms with Gasteiger partial charge < -0.3 is 10.3 Å². The van der Waals surface area contributed by atoms with Crippen molar-refractivity contribution < 1.29 is 0 Å². The smallest absolute Gasteiger partial charge is 0.255 e. The number of nitrogens with zero attached hydrogens (tertiary/aromatic N) is 1. The SMILES string of the molecule is CC(N)c1cc(Cl)cn(C)c1=O. The van der Waals surface area contributed by atoms with E-state index in [0.717, 1.165) is 0 Å². The summed E-state index contributed by atoms with van der Waals surface area (Å²) in [6.45, 7) is 1.76.